The van der Waals surface area contributed by atoms with Gasteiger partial charge in [-0.2, -0.15) is 4.98 Å². The van der Waals surface area contributed by atoms with Crippen molar-refractivity contribution < 1.29 is 0 Å². The van der Waals surface area contributed by atoms with Gasteiger partial charge in [-0.15, -0.1) is 0 Å². The molecule has 1 aromatic carbocycles. The lowest BCUT2D eigenvalue weighted by molar-refractivity contribution is 0.258. The number of benzene rings is 1. The van der Waals surface area contributed by atoms with Gasteiger partial charge in [-0.3, -0.25) is 4.99 Å². The lowest BCUT2D eigenvalue weighted by Crippen LogP contribution is -2.68. The molecule has 2 unspecified atom stereocenters. The summed E-state index contributed by atoms with van der Waals surface area (Å²) >= 11 is 0. The number of rotatable bonds is 3. The molecule has 0 aliphatic carbocycles. The molecule has 132 valence electrons. The Bertz CT molecular complexity index is 908. The molecule has 2 aromatic rings. The smallest absolute Gasteiger partial charge is 0.228 e. The molecule has 3 N–H and O–H groups in total. The predicted octanol–water partition coefficient (Wildman–Crippen LogP) is 1.31. The highest BCUT2D eigenvalue weighted by molar-refractivity contribution is 5.86. The van der Waals surface area contributed by atoms with Crippen molar-refractivity contribution in [3.8, 4) is 0 Å². The zero-order chi connectivity index (χ0) is 17.1. The molecule has 0 saturated carbocycles. The first kappa shape index (κ1) is 14.6. The summed E-state index contributed by atoms with van der Waals surface area (Å²) in [6.07, 6.45) is 3.20. The van der Waals surface area contributed by atoms with E-state index in [2.05, 4.69) is 44.0 Å². The second-order valence-electron chi connectivity index (χ2n) is 7.52. The van der Waals surface area contributed by atoms with E-state index in [0.717, 1.165) is 55.9 Å². The first-order chi connectivity index (χ1) is 12.8. The number of fused-ring (bicyclic) bond motifs is 4. The summed E-state index contributed by atoms with van der Waals surface area (Å²) in [5.41, 5.74) is 5.85. The largest absolute Gasteiger partial charge is 0.340 e. The minimum atomic E-state index is 0.533. The third-order valence-corrected chi connectivity index (χ3v) is 5.90. The van der Waals surface area contributed by atoms with Gasteiger partial charge in [-0.1, -0.05) is 6.07 Å². The van der Waals surface area contributed by atoms with Crippen LogP contribution >= 0.6 is 0 Å². The van der Waals surface area contributed by atoms with E-state index in [-0.39, 0.29) is 0 Å². The molecule has 7 nitrogen and oxygen atoms in total. The zero-order valence-electron chi connectivity index (χ0n) is 14.5. The molecule has 4 aliphatic rings. The Kier molecular flexibility index (Phi) is 3.09. The summed E-state index contributed by atoms with van der Waals surface area (Å²) in [7, 11) is 0. The van der Waals surface area contributed by atoms with Gasteiger partial charge in [0.15, 0.2) is 0 Å². The molecule has 4 aliphatic heterocycles. The molecular formula is C19H21N7. The van der Waals surface area contributed by atoms with Crippen molar-refractivity contribution in [3.63, 3.8) is 0 Å². The zero-order valence-corrected chi connectivity index (χ0v) is 14.5. The topological polar surface area (TPSA) is 77.5 Å². The number of aliphatic imine (C=N–C) groups is 1. The molecule has 2 saturated heterocycles. The third kappa shape index (κ3) is 2.17. The first-order valence-corrected chi connectivity index (χ1v) is 9.34. The Hall–Kier alpha value is -2.51. The second-order valence-corrected chi connectivity index (χ2v) is 7.52. The fraction of sp³-hybridized carbons (Fsp3) is 0.421. The van der Waals surface area contributed by atoms with Crippen LogP contribution in [-0.2, 0) is 19.6 Å². The van der Waals surface area contributed by atoms with E-state index in [1.807, 2.05) is 6.21 Å². The summed E-state index contributed by atoms with van der Waals surface area (Å²) < 4.78 is 0. The van der Waals surface area contributed by atoms with Crippen molar-refractivity contribution in [2.75, 3.05) is 23.3 Å². The Labute approximate surface area is 151 Å². The lowest BCUT2D eigenvalue weighted by atomic mass is 9.89. The Balaban J connectivity index is 1.37. The van der Waals surface area contributed by atoms with Crippen molar-refractivity contribution in [3.05, 3.63) is 40.6 Å². The second kappa shape index (κ2) is 5.49. The monoisotopic (exact) mass is 347 g/mol. The van der Waals surface area contributed by atoms with Crippen LogP contribution in [-0.4, -0.2) is 41.4 Å². The molecule has 0 spiro atoms. The van der Waals surface area contributed by atoms with Gasteiger partial charge < -0.3 is 20.9 Å². The van der Waals surface area contributed by atoms with E-state index in [1.54, 1.807) is 0 Å². The first-order valence-electron chi connectivity index (χ1n) is 9.34. The molecular weight excluding hydrogens is 326 g/mol. The number of aromatic nitrogens is 2. The maximum absolute atomic E-state index is 4.94. The van der Waals surface area contributed by atoms with Crippen LogP contribution < -0.4 is 20.9 Å². The van der Waals surface area contributed by atoms with Gasteiger partial charge in [-0.25, -0.2) is 4.98 Å². The van der Waals surface area contributed by atoms with E-state index in [0.29, 0.717) is 12.1 Å². The van der Waals surface area contributed by atoms with E-state index in [9.17, 15) is 0 Å². The Morgan fingerprint density at radius 1 is 1.08 bits per heavy atom. The summed E-state index contributed by atoms with van der Waals surface area (Å²) in [6.45, 7) is 4.49. The van der Waals surface area contributed by atoms with Gasteiger partial charge in [-0.05, 0) is 29.7 Å². The maximum Gasteiger partial charge on any atom is 0.228 e. The van der Waals surface area contributed by atoms with Crippen LogP contribution in [0.25, 0.3) is 0 Å². The molecule has 26 heavy (non-hydrogen) atoms. The van der Waals surface area contributed by atoms with E-state index < -0.39 is 0 Å². The average Bonchev–Trinajstić information content (AvgIpc) is 3.31. The minimum Gasteiger partial charge on any atom is -0.340 e. The molecule has 1 aromatic heterocycles. The molecule has 5 heterocycles. The number of nitrogens with one attached hydrogen (secondary N) is 3. The summed E-state index contributed by atoms with van der Waals surface area (Å²) in [6, 6.07) is 7.49. The van der Waals surface area contributed by atoms with Crippen LogP contribution in [0.2, 0.25) is 0 Å². The number of piperidine rings is 1. The standard InChI is InChI=1S/C19H21N7/c1-2-13(3-12-6-20-5-11(1)12)23-18-16-9-22-10-17(16)24-19(25-18)26-14-4-15(26)8-21-7-14/h1-3,6,14-15,21-22H,4-5,7-10H2,(H,23,24,25). The minimum absolute atomic E-state index is 0.533. The predicted molar refractivity (Wildman–Crippen MR) is 101 cm³/mol. The average molecular weight is 347 g/mol. The Morgan fingerprint density at radius 2 is 2.00 bits per heavy atom. The number of hydrogen-bond acceptors (Lipinski definition) is 7. The van der Waals surface area contributed by atoms with Gasteiger partial charge in [0.25, 0.3) is 0 Å². The van der Waals surface area contributed by atoms with Crippen LogP contribution in [0.4, 0.5) is 17.5 Å². The third-order valence-electron chi connectivity index (χ3n) is 5.90. The summed E-state index contributed by atoms with van der Waals surface area (Å²) in [5.74, 6) is 1.81. The molecule has 2 fully saturated rings. The molecule has 2 bridgehead atoms. The highest BCUT2D eigenvalue weighted by Crippen LogP contribution is 2.35. The molecule has 7 heteroatoms. The maximum atomic E-state index is 4.94. The lowest BCUT2D eigenvalue weighted by Gasteiger charge is -2.53. The quantitative estimate of drug-likeness (QED) is 0.777. The number of hydrogen-bond donors (Lipinski definition) is 3. The highest BCUT2D eigenvalue weighted by Gasteiger charge is 2.43. The molecule has 2 atom stereocenters. The van der Waals surface area contributed by atoms with Crippen LogP contribution in [0, 0.1) is 0 Å². The van der Waals surface area contributed by atoms with E-state index >= 15 is 0 Å². The van der Waals surface area contributed by atoms with E-state index in [1.165, 1.54) is 23.1 Å². The van der Waals surface area contributed by atoms with Gasteiger partial charge in [0.2, 0.25) is 5.95 Å². The van der Waals surface area contributed by atoms with Crippen molar-refractivity contribution in [2.24, 2.45) is 4.99 Å². The van der Waals surface area contributed by atoms with Crippen LogP contribution in [0.5, 0.6) is 0 Å². The van der Waals surface area contributed by atoms with Crippen molar-refractivity contribution in [2.45, 2.75) is 38.1 Å². The van der Waals surface area contributed by atoms with Crippen LogP contribution in [0.15, 0.2) is 23.2 Å². The molecule has 6 rings (SSSR count). The number of nitrogens with zero attached hydrogens (tertiary/aromatic N) is 4. The number of anilines is 3. The van der Waals surface area contributed by atoms with Gasteiger partial charge in [0.1, 0.15) is 5.82 Å². The van der Waals surface area contributed by atoms with Gasteiger partial charge in [0, 0.05) is 55.7 Å². The Morgan fingerprint density at radius 3 is 2.88 bits per heavy atom. The normalized spacial score (nSPS) is 25.0. The van der Waals surface area contributed by atoms with Crippen molar-refractivity contribution in [1.82, 2.24) is 20.6 Å². The molecule has 0 radical (unpaired) electrons. The van der Waals surface area contributed by atoms with Crippen molar-refractivity contribution >= 4 is 23.7 Å². The van der Waals surface area contributed by atoms with Gasteiger partial charge >= 0.3 is 0 Å². The number of piperazine rings is 1. The van der Waals surface area contributed by atoms with Gasteiger partial charge in [0.05, 0.1) is 12.2 Å². The highest BCUT2D eigenvalue weighted by atomic mass is 15.4. The summed E-state index contributed by atoms with van der Waals surface area (Å²) in [5, 5.41) is 10.4. The fourth-order valence-corrected chi connectivity index (χ4v) is 4.50. The van der Waals surface area contributed by atoms with Crippen LogP contribution in [0.3, 0.4) is 0 Å². The van der Waals surface area contributed by atoms with E-state index in [4.69, 9.17) is 9.97 Å². The molecule has 0 amide bonds. The SMILES string of the molecule is C1=NCc2ccc(Nc3nc(N4C5CNCC4C5)nc4c3CNC4)cc21. The fourth-order valence-electron chi connectivity index (χ4n) is 4.50. The summed E-state index contributed by atoms with van der Waals surface area (Å²) in [4.78, 5) is 16.6. The van der Waals surface area contributed by atoms with Crippen LogP contribution in [0.1, 0.15) is 28.8 Å². The van der Waals surface area contributed by atoms with Crippen molar-refractivity contribution in [1.29, 1.82) is 0 Å².